The van der Waals surface area contributed by atoms with Gasteiger partial charge in [-0.25, -0.2) is 9.07 Å². The maximum Gasteiger partial charge on any atom is 0.206 e. The molecule has 27 heavy (non-hydrogen) atoms. The monoisotopic (exact) mass is 383 g/mol. The number of aromatic nitrogens is 1. The standard InChI is InChI=1S/C20H18FN3O2S/c1-13(2)10-22-20-24(23-11-15-4-3-5-18(25)19(15)26)17(12-27-20)14-6-8-16(21)9-7-14/h3-9,11-12,25-26H,1,10H2,2H3. The Morgan fingerprint density at radius 3 is 2.67 bits per heavy atom. The van der Waals surface area contributed by atoms with E-state index in [0.717, 1.165) is 16.8 Å². The molecule has 0 spiro atoms. The number of hydrogen-bond donors (Lipinski definition) is 2. The van der Waals surface area contributed by atoms with E-state index >= 15 is 0 Å². The zero-order valence-electron chi connectivity index (χ0n) is 14.6. The molecular formula is C20H18FN3O2S. The summed E-state index contributed by atoms with van der Waals surface area (Å²) in [6, 6.07) is 10.7. The van der Waals surface area contributed by atoms with Gasteiger partial charge in [0.15, 0.2) is 11.5 Å². The molecule has 0 fully saturated rings. The zero-order chi connectivity index (χ0) is 19.4. The number of halogens is 1. The number of nitrogens with zero attached hydrogens (tertiary/aromatic N) is 3. The number of benzene rings is 2. The predicted octanol–water partition coefficient (Wildman–Crippen LogP) is 4.13. The second kappa shape index (κ2) is 8.01. The third-order valence-corrected chi connectivity index (χ3v) is 4.52. The Bertz CT molecular complexity index is 1070. The van der Waals surface area contributed by atoms with Crippen LogP contribution in [0.25, 0.3) is 11.3 Å². The fourth-order valence-electron chi connectivity index (χ4n) is 2.31. The first-order valence-corrected chi connectivity index (χ1v) is 9.00. The van der Waals surface area contributed by atoms with Crippen LogP contribution in [0, 0.1) is 5.82 Å². The molecule has 0 amide bonds. The summed E-state index contributed by atoms with van der Waals surface area (Å²) in [4.78, 5) is 5.14. The molecule has 5 nitrogen and oxygen atoms in total. The van der Waals surface area contributed by atoms with Gasteiger partial charge in [0.05, 0.1) is 18.5 Å². The molecule has 3 aromatic rings. The molecule has 7 heteroatoms. The van der Waals surface area contributed by atoms with Crippen LogP contribution < -0.4 is 4.80 Å². The molecule has 2 aromatic carbocycles. The maximum atomic E-state index is 13.3. The van der Waals surface area contributed by atoms with Crippen LogP contribution in [0.1, 0.15) is 12.5 Å². The van der Waals surface area contributed by atoms with Gasteiger partial charge in [0.2, 0.25) is 4.80 Å². The van der Waals surface area contributed by atoms with Gasteiger partial charge in [-0.05, 0) is 43.3 Å². The van der Waals surface area contributed by atoms with Crippen LogP contribution in [0.3, 0.4) is 0 Å². The second-order valence-electron chi connectivity index (χ2n) is 5.96. The van der Waals surface area contributed by atoms with Crippen molar-refractivity contribution in [3.05, 3.63) is 76.2 Å². The van der Waals surface area contributed by atoms with Crippen LogP contribution >= 0.6 is 11.3 Å². The fraction of sp³-hybridized carbons (Fsp3) is 0.100. The normalized spacial score (nSPS) is 12.0. The van der Waals surface area contributed by atoms with Crippen LogP contribution in [0.2, 0.25) is 0 Å². The lowest BCUT2D eigenvalue weighted by Gasteiger charge is -2.05. The molecule has 3 rings (SSSR count). The molecule has 0 aliphatic carbocycles. The molecule has 0 unspecified atom stereocenters. The Balaban J connectivity index is 2.10. The minimum Gasteiger partial charge on any atom is -0.504 e. The molecule has 0 bridgehead atoms. The second-order valence-corrected chi connectivity index (χ2v) is 6.79. The lowest BCUT2D eigenvalue weighted by Crippen LogP contribution is -2.13. The molecule has 0 radical (unpaired) electrons. The van der Waals surface area contributed by atoms with E-state index in [1.165, 1.54) is 35.8 Å². The van der Waals surface area contributed by atoms with Gasteiger partial charge in [-0.15, -0.1) is 11.3 Å². The summed E-state index contributed by atoms with van der Waals surface area (Å²) in [7, 11) is 0. The van der Waals surface area contributed by atoms with Crippen molar-refractivity contribution in [1.29, 1.82) is 0 Å². The molecule has 0 aliphatic rings. The van der Waals surface area contributed by atoms with Gasteiger partial charge in [0.25, 0.3) is 0 Å². The largest absolute Gasteiger partial charge is 0.504 e. The highest BCUT2D eigenvalue weighted by atomic mass is 32.1. The third kappa shape index (κ3) is 4.32. The average Bonchev–Trinajstić information content (AvgIpc) is 3.04. The van der Waals surface area contributed by atoms with Crippen molar-refractivity contribution in [2.75, 3.05) is 6.54 Å². The van der Waals surface area contributed by atoms with E-state index in [1.807, 2.05) is 12.3 Å². The topological polar surface area (TPSA) is 70.1 Å². The van der Waals surface area contributed by atoms with E-state index in [2.05, 4.69) is 16.7 Å². The van der Waals surface area contributed by atoms with Crippen molar-refractivity contribution in [3.8, 4) is 22.8 Å². The van der Waals surface area contributed by atoms with E-state index in [9.17, 15) is 14.6 Å². The van der Waals surface area contributed by atoms with Crippen molar-refractivity contribution in [2.24, 2.45) is 10.1 Å². The molecule has 138 valence electrons. The minimum atomic E-state index is -0.319. The molecule has 0 atom stereocenters. The van der Waals surface area contributed by atoms with E-state index in [-0.39, 0.29) is 17.3 Å². The number of thiazole rings is 1. The summed E-state index contributed by atoms with van der Waals surface area (Å²) in [5.41, 5.74) is 2.79. The summed E-state index contributed by atoms with van der Waals surface area (Å²) < 4.78 is 14.9. The Kier molecular flexibility index (Phi) is 5.52. The first-order chi connectivity index (χ1) is 13.0. The maximum absolute atomic E-state index is 13.3. The summed E-state index contributed by atoms with van der Waals surface area (Å²) in [6.45, 7) is 6.19. The molecular weight excluding hydrogens is 365 g/mol. The molecule has 0 saturated carbocycles. The molecule has 2 N–H and O–H groups in total. The lowest BCUT2D eigenvalue weighted by atomic mass is 10.2. The Morgan fingerprint density at radius 1 is 1.22 bits per heavy atom. The van der Waals surface area contributed by atoms with Gasteiger partial charge in [-0.1, -0.05) is 18.2 Å². The highest BCUT2D eigenvalue weighted by Gasteiger charge is 2.09. The van der Waals surface area contributed by atoms with Gasteiger partial charge in [-0.2, -0.15) is 5.10 Å². The fourth-order valence-corrected chi connectivity index (χ4v) is 3.15. The van der Waals surface area contributed by atoms with E-state index < -0.39 is 0 Å². The van der Waals surface area contributed by atoms with Crippen LogP contribution in [0.15, 0.2) is 70.1 Å². The van der Waals surface area contributed by atoms with Crippen molar-refractivity contribution >= 4 is 17.6 Å². The van der Waals surface area contributed by atoms with Crippen LogP contribution in [0.5, 0.6) is 11.5 Å². The first kappa shape index (κ1) is 18.6. The van der Waals surface area contributed by atoms with Gasteiger partial charge in [0.1, 0.15) is 5.82 Å². The van der Waals surface area contributed by atoms with Crippen molar-refractivity contribution in [3.63, 3.8) is 0 Å². The lowest BCUT2D eigenvalue weighted by molar-refractivity contribution is 0.403. The highest BCUT2D eigenvalue weighted by molar-refractivity contribution is 7.07. The molecule has 0 aliphatic heterocycles. The van der Waals surface area contributed by atoms with Crippen molar-refractivity contribution < 1.29 is 14.6 Å². The first-order valence-electron chi connectivity index (χ1n) is 8.12. The van der Waals surface area contributed by atoms with Crippen LogP contribution in [0.4, 0.5) is 4.39 Å². The Labute approximate surface area is 159 Å². The number of aromatic hydroxyl groups is 2. The molecule has 1 aromatic heterocycles. The van der Waals surface area contributed by atoms with Gasteiger partial charge in [0, 0.05) is 16.5 Å². The summed E-state index contributed by atoms with van der Waals surface area (Å²) >= 11 is 1.40. The molecule has 1 heterocycles. The van der Waals surface area contributed by atoms with Crippen LogP contribution in [-0.4, -0.2) is 27.6 Å². The summed E-state index contributed by atoms with van der Waals surface area (Å²) in [6.07, 6.45) is 1.44. The average molecular weight is 383 g/mol. The highest BCUT2D eigenvalue weighted by Crippen LogP contribution is 2.27. The number of rotatable bonds is 5. The number of phenols is 2. The van der Waals surface area contributed by atoms with E-state index in [1.54, 1.807) is 28.9 Å². The third-order valence-electron chi connectivity index (χ3n) is 3.67. The number of phenolic OH excluding ortho intramolecular Hbond substituents is 2. The van der Waals surface area contributed by atoms with Crippen molar-refractivity contribution in [1.82, 2.24) is 4.68 Å². The van der Waals surface area contributed by atoms with Gasteiger partial charge < -0.3 is 10.2 Å². The number of para-hydroxylation sites is 1. The van der Waals surface area contributed by atoms with Gasteiger partial charge >= 0.3 is 0 Å². The SMILES string of the molecule is C=C(C)CN=c1scc(-c2ccc(F)cc2)n1N=Cc1cccc(O)c1O. The van der Waals surface area contributed by atoms with E-state index in [0.29, 0.717) is 16.9 Å². The molecule has 0 saturated heterocycles. The predicted molar refractivity (Wildman–Crippen MR) is 106 cm³/mol. The smallest absolute Gasteiger partial charge is 0.206 e. The number of hydrogen-bond acceptors (Lipinski definition) is 5. The minimum absolute atomic E-state index is 0.222. The van der Waals surface area contributed by atoms with Crippen molar-refractivity contribution in [2.45, 2.75) is 6.92 Å². The van der Waals surface area contributed by atoms with Crippen LogP contribution in [-0.2, 0) is 0 Å². The van der Waals surface area contributed by atoms with Gasteiger partial charge in [-0.3, -0.25) is 4.99 Å². The van der Waals surface area contributed by atoms with E-state index in [4.69, 9.17) is 0 Å². The Hall–Kier alpha value is -3.19. The zero-order valence-corrected chi connectivity index (χ0v) is 15.4. The summed E-state index contributed by atoms with van der Waals surface area (Å²) in [5, 5.41) is 25.9. The quantitative estimate of drug-likeness (QED) is 0.395. The Morgan fingerprint density at radius 2 is 1.96 bits per heavy atom. The summed E-state index contributed by atoms with van der Waals surface area (Å²) in [5.74, 6) is -0.790.